The lowest BCUT2D eigenvalue weighted by Crippen LogP contribution is -2.17. The predicted molar refractivity (Wildman–Crippen MR) is 93.6 cm³/mol. The average Bonchev–Trinajstić information content (AvgIpc) is 2.62. The molecular weight excluding hydrogens is 328 g/mol. The Hall–Kier alpha value is -2.37. The van der Waals surface area contributed by atoms with E-state index in [9.17, 15) is 10.0 Å². The fourth-order valence-electron chi connectivity index (χ4n) is 2.38. The van der Waals surface area contributed by atoms with Crippen molar-refractivity contribution in [3.8, 4) is 11.1 Å². The summed E-state index contributed by atoms with van der Waals surface area (Å²) < 4.78 is 0. The molecule has 2 aromatic carbocycles. The van der Waals surface area contributed by atoms with E-state index >= 15 is 0 Å². The van der Waals surface area contributed by atoms with Gasteiger partial charge in [0.25, 0.3) is 0 Å². The maximum Gasteiger partial charge on any atom is 0.243 e. The summed E-state index contributed by atoms with van der Waals surface area (Å²) in [7, 11) is 0. The Balaban J connectivity index is 1.97. The molecule has 0 aliphatic carbocycles. The molecule has 0 fully saturated rings. The van der Waals surface area contributed by atoms with Gasteiger partial charge in [-0.25, -0.2) is 5.48 Å². The zero-order valence-electron chi connectivity index (χ0n) is 13.1. The van der Waals surface area contributed by atoms with Crippen LogP contribution in [0.25, 0.3) is 11.1 Å². The smallest absolute Gasteiger partial charge is 0.243 e. The number of halogens is 1. The molecule has 2 aromatic rings. The number of hydroxylamine groups is 1. The maximum atomic E-state index is 10.9. The Morgan fingerprint density at radius 2 is 1.50 bits per heavy atom. The summed E-state index contributed by atoms with van der Waals surface area (Å²) >= 11 is 5.89. The molecular formula is C18H19ClN2O3. The highest BCUT2D eigenvalue weighted by Crippen LogP contribution is 2.22. The lowest BCUT2D eigenvalue weighted by molar-refractivity contribution is -0.129. The monoisotopic (exact) mass is 346 g/mol. The molecule has 0 atom stereocenters. The molecule has 0 spiro atoms. The van der Waals surface area contributed by atoms with Gasteiger partial charge in [-0.2, -0.15) is 0 Å². The highest BCUT2D eigenvalue weighted by molar-refractivity contribution is 6.30. The molecule has 5 nitrogen and oxygen atoms in total. The Morgan fingerprint density at radius 1 is 0.958 bits per heavy atom. The van der Waals surface area contributed by atoms with E-state index in [1.807, 2.05) is 48.5 Å². The van der Waals surface area contributed by atoms with E-state index in [0.717, 1.165) is 16.7 Å². The van der Waals surface area contributed by atoms with Gasteiger partial charge in [-0.3, -0.25) is 10.0 Å². The lowest BCUT2D eigenvalue weighted by atomic mass is 9.99. The van der Waals surface area contributed by atoms with Gasteiger partial charge in [-0.1, -0.05) is 53.2 Å². The van der Waals surface area contributed by atoms with E-state index in [1.54, 1.807) is 5.48 Å². The first kappa shape index (κ1) is 18.0. The largest absolute Gasteiger partial charge is 0.411 e. The quantitative estimate of drug-likeness (QED) is 0.230. The molecule has 6 heteroatoms. The number of nitrogens with one attached hydrogen (secondary N) is 1. The van der Waals surface area contributed by atoms with Crippen molar-refractivity contribution in [3.63, 3.8) is 0 Å². The second-order valence-corrected chi connectivity index (χ2v) is 5.81. The third-order valence-electron chi connectivity index (χ3n) is 3.71. The van der Waals surface area contributed by atoms with Crippen molar-refractivity contribution < 1.29 is 15.2 Å². The van der Waals surface area contributed by atoms with Gasteiger partial charge >= 0.3 is 0 Å². The van der Waals surface area contributed by atoms with Crippen molar-refractivity contribution in [2.24, 2.45) is 5.16 Å². The molecule has 126 valence electrons. The molecule has 0 saturated heterocycles. The summed E-state index contributed by atoms with van der Waals surface area (Å²) in [5.74, 6) is -0.412. The van der Waals surface area contributed by atoms with Crippen molar-refractivity contribution in [1.29, 1.82) is 0 Å². The van der Waals surface area contributed by atoms with Crippen molar-refractivity contribution >= 4 is 23.2 Å². The molecule has 0 unspecified atom stereocenters. The van der Waals surface area contributed by atoms with Gasteiger partial charge in [-0.15, -0.1) is 0 Å². The van der Waals surface area contributed by atoms with Gasteiger partial charge in [0.2, 0.25) is 5.91 Å². The number of amides is 1. The zero-order chi connectivity index (χ0) is 17.4. The third kappa shape index (κ3) is 5.08. The summed E-state index contributed by atoms with van der Waals surface area (Å²) in [6.07, 6.45) is 2.08. The first-order valence-electron chi connectivity index (χ1n) is 7.64. The number of benzene rings is 2. The van der Waals surface area contributed by atoms with Gasteiger partial charge in [-0.05, 0) is 48.1 Å². The number of hydrogen-bond donors (Lipinski definition) is 3. The molecule has 0 radical (unpaired) electrons. The van der Waals surface area contributed by atoms with E-state index < -0.39 is 5.91 Å². The van der Waals surface area contributed by atoms with Crippen LogP contribution in [-0.2, 0) is 4.79 Å². The van der Waals surface area contributed by atoms with E-state index in [-0.39, 0.29) is 6.42 Å². The van der Waals surface area contributed by atoms with E-state index in [4.69, 9.17) is 16.8 Å². The van der Waals surface area contributed by atoms with Crippen LogP contribution in [0.5, 0.6) is 0 Å². The number of carbonyl (C=O) groups is 1. The van der Waals surface area contributed by atoms with Gasteiger partial charge in [0.05, 0.1) is 5.71 Å². The minimum absolute atomic E-state index is 0.241. The van der Waals surface area contributed by atoms with Crippen molar-refractivity contribution in [2.75, 3.05) is 0 Å². The number of oxime groups is 1. The highest BCUT2D eigenvalue weighted by atomic mass is 35.5. The average molecular weight is 347 g/mol. The third-order valence-corrected chi connectivity index (χ3v) is 3.96. The standard InChI is InChI=1S/C18H19ClN2O3/c19-16-11-9-14(10-12-16)13-5-7-15(8-6-13)17(20-23)3-1-2-4-18(22)21-24/h5-12,23-24H,1-4H2,(H,21,22)/b20-17+. The van der Waals surface area contributed by atoms with Gasteiger partial charge in [0.15, 0.2) is 0 Å². The van der Waals surface area contributed by atoms with E-state index in [0.29, 0.717) is 30.0 Å². The molecule has 0 saturated carbocycles. The molecule has 0 bridgehead atoms. The first-order chi connectivity index (χ1) is 11.6. The number of unbranched alkanes of at least 4 members (excludes halogenated alkanes) is 1. The summed E-state index contributed by atoms with van der Waals surface area (Å²) in [5.41, 5.74) is 5.11. The molecule has 0 aliphatic rings. The fraction of sp³-hybridized carbons (Fsp3) is 0.222. The Bertz CT molecular complexity index is 697. The zero-order valence-corrected chi connectivity index (χ0v) is 13.8. The van der Waals surface area contributed by atoms with Gasteiger partial charge in [0.1, 0.15) is 0 Å². The maximum absolute atomic E-state index is 10.9. The lowest BCUT2D eigenvalue weighted by Gasteiger charge is -2.07. The Morgan fingerprint density at radius 3 is 2.04 bits per heavy atom. The van der Waals surface area contributed by atoms with Crippen LogP contribution in [0.3, 0.4) is 0 Å². The van der Waals surface area contributed by atoms with Crippen LogP contribution in [0, 0.1) is 0 Å². The highest BCUT2D eigenvalue weighted by Gasteiger charge is 2.07. The normalized spacial score (nSPS) is 11.3. The molecule has 2 rings (SSSR count). The van der Waals surface area contributed by atoms with Crippen molar-refractivity contribution in [2.45, 2.75) is 25.7 Å². The van der Waals surface area contributed by atoms with Gasteiger partial charge in [0, 0.05) is 11.4 Å². The summed E-state index contributed by atoms with van der Waals surface area (Å²) in [6.45, 7) is 0. The number of nitrogens with zero attached hydrogens (tertiary/aromatic N) is 1. The van der Waals surface area contributed by atoms with Crippen molar-refractivity contribution in [1.82, 2.24) is 5.48 Å². The molecule has 1 amide bonds. The Kier molecular flexibility index (Phi) is 6.78. The topological polar surface area (TPSA) is 81.9 Å². The minimum Gasteiger partial charge on any atom is -0.411 e. The van der Waals surface area contributed by atoms with Gasteiger partial charge < -0.3 is 5.21 Å². The van der Waals surface area contributed by atoms with Crippen molar-refractivity contribution in [3.05, 3.63) is 59.1 Å². The van der Waals surface area contributed by atoms with E-state index in [2.05, 4.69) is 5.16 Å². The number of hydrogen-bond acceptors (Lipinski definition) is 4. The molecule has 3 N–H and O–H groups in total. The van der Waals surface area contributed by atoms with Crippen LogP contribution in [-0.4, -0.2) is 22.0 Å². The SMILES string of the molecule is O=C(CCCC/C(=N\O)c1ccc(-c2ccc(Cl)cc2)cc1)NO. The minimum atomic E-state index is -0.412. The predicted octanol–water partition coefficient (Wildman–Crippen LogP) is 4.25. The first-order valence-corrected chi connectivity index (χ1v) is 8.02. The molecule has 24 heavy (non-hydrogen) atoms. The fourth-order valence-corrected chi connectivity index (χ4v) is 2.51. The van der Waals surface area contributed by atoms with Crippen LogP contribution in [0.1, 0.15) is 31.2 Å². The van der Waals surface area contributed by atoms with Crippen LogP contribution in [0.2, 0.25) is 5.02 Å². The second kappa shape index (κ2) is 9.05. The van der Waals surface area contributed by atoms with Crippen LogP contribution >= 0.6 is 11.6 Å². The van der Waals surface area contributed by atoms with Crippen LogP contribution in [0.4, 0.5) is 0 Å². The Labute approximate surface area is 145 Å². The summed E-state index contributed by atoms with van der Waals surface area (Å²) in [5, 5.41) is 21.7. The molecule has 0 aliphatic heterocycles. The summed E-state index contributed by atoms with van der Waals surface area (Å²) in [6, 6.07) is 15.3. The van der Waals surface area contributed by atoms with E-state index in [1.165, 1.54) is 0 Å². The number of carbonyl (C=O) groups excluding carboxylic acids is 1. The number of rotatable bonds is 7. The second-order valence-electron chi connectivity index (χ2n) is 5.37. The molecule has 0 heterocycles. The van der Waals surface area contributed by atoms with Crippen LogP contribution in [0.15, 0.2) is 53.7 Å². The molecule has 0 aromatic heterocycles. The summed E-state index contributed by atoms with van der Waals surface area (Å²) in [4.78, 5) is 10.9. The van der Waals surface area contributed by atoms with Crippen LogP contribution < -0.4 is 5.48 Å².